The third-order valence-corrected chi connectivity index (χ3v) is 5.66. The maximum atomic E-state index is 2.57. The molecular formula is C10H15ISi. The third-order valence-electron chi connectivity index (χ3n) is 2.25. The Hall–Kier alpha value is 0.167. The Balaban J connectivity index is 3.13. The SMILES string of the molecule is CCc1cccc([SiH2]I)c1CC. The summed E-state index contributed by atoms with van der Waals surface area (Å²) in [6.45, 7) is 4.51. The van der Waals surface area contributed by atoms with Gasteiger partial charge in [0, 0.05) is 0 Å². The topological polar surface area (TPSA) is 0 Å². The van der Waals surface area contributed by atoms with E-state index in [2.05, 4.69) is 53.8 Å². The molecular weight excluding hydrogens is 275 g/mol. The molecule has 2 heteroatoms. The van der Waals surface area contributed by atoms with Gasteiger partial charge >= 0.3 is 0 Å². The Morgan fingerprint density at radius 1 is 1.25 bits per heavy atom. The van der Waals surface area contributed by atoms with Crippen LogP contribution in [-0.2, 0) is 12.8 Å². The molecule has 0 fully saturated rings. The second-order valence-electron chi connectivity index (χ2n) is 2.90. The maximum Gasteiger partial charge on any atom is 0.125 e. The van der Waals surface area contributed by atoms with E-state index in [1.165, 1.54) is 12.8 Å². The van der Waals surface area contributed by atoms with E-state index in [1.807, 2.05) is 0 Å². The zero-order chi connectivity index (χ0) is 8.97. The highest BCUT2D eigenvalue weighted by Gasteiger charge is 2.03. The molecule has 0 atom stereocenters. The predicted octanol–water partition coefficient (Wildman–Crippen LogP) is 1.96. The molecule has 0 N–H and O–H groups in total. The van der Waals surface area contributed by atoms with Crippen LogP contribution in [0, 0.1) is 0 Å². The van der Waals surface area contributed by atoms with Crippen molar-refractivity contribution in [3.05, 3.63) is 29.3 Å². The normalized spacial score (nSPS) is 11.2. The van der Waals surface area contributed by atoms with Crippen molar-refractivity contribution in [1.29, 1.82) is 0 Å². The van der Waals surface area contributed by atoms with Gasteiger partial charge in [-0.1, -0.05) is 37.2 Å². The molecule has 0 bridgehead atoms. The van der Waals surface area contributed by atoms with E-state index < -0.39 is 0 Å². The van der Waals surface area contributed by atoms with Crippen LogP contribution < -0.4 is 5.19 Å². The maximum absolute atomic E-state index is 2.57. The smallest absolute Gasteiger partial charge is 0.122 e. The summed E-state index contributed by atoms with van der Waals surface area (Å²) in [7, 11) is -0.00935. The Morgan fingerprint density at radius 3 is 2.50 bits per heavy atom. The van der Waals surface area contributed by atoms with Crippen molar-refractivity contribution >= 4 is 34.0 Å². The standard InChI is InChI=1S/C10H15ISi/c1-3-8-6-5-7-10(12-11)9(8)4-2/h5-7H,3-4,12H2,1-2H3. The molecule has 66 valence electrons. The highest BCUT2D eigenvalue weighted by molar-refractivity contribution is 14.1. The van der Waals surface area contributed by atoms with E-state index in [4.69, 9.17) is 0 Å². The molecule has 0 spiro atoms. The fourth-order valence-corrected chi connectivity index (χ4v) is 4.61. The van der Waals surface area contributed by atoms with Crippen molar-refractivity contribution in [1.82, 2.24) is 0 Å². The third kappa shape index (κ3) is 2.10. The van der Waals surface area contributed by atoms with Gasteiger partial charge in [0.1, 0.15) is 7.02 Å². The summed E-state index contributed by atoms with van der Waals surface area (Å²) in [6, 6.07) is 6.78. The number of hydrogen-bond donors (Lipinski definition) is 0. The fraction of sp³-hybridized carbons (Fsp3) is 0.400. The first kappa shape index (κ1) is 10.2. The summed E-state index contributed by atoms with van der Waals surface area (Å²) < 4.78 is 0. The van der Waals surface area contributed by atoms with Gasteiger partial charge in [-0.05, 0) is 24.0 Å². The van der Waals surface area contributed by atoms with E-state index in [9.17, 15) is 0 Å². The van der Waals surface area contributed by atoms with Gasteiger partial charge in [-0.2, -0.15) is 0 Å². The lowest BCUT2D eigenvalue weighted by molar-refractivity contribution is 1.05. The molecule has 0 heterocycles. The minimum Gasteiger partial charge on any atom is -0.122 e. The quantitative estimate of drug-likeness (QED) is 0.453. The zero-order valence-corrected chi connectivity index (χ0v) is 11.3. The van der Waals surface area contributed by atoms with Gasteiger partial charge in [0.2, 0.25) is 0 Å². The number of hydrogen-bond acceptors (Lipinski definition) is 0. The molecule has 1 rings (SSSR count). The molecule has 0 aromatic heterocycles. The summed E-state index contributed by atoms with van der Waals surface area (Å²) in [6.07, 6.45) is 2.39. The molecule has 0 saturated carbocycles. The Bertz CT molecular complexity index is 236. The summed E-state index contributed by atoms with van der Waals surface area (Å²) in [5, 5.41) is 1.65. The monoisotopic (exact) mass is 290 g/mol. The minimum absolute atomic E-state index is 0.00935. The molecule has 12 heavy (non-hydrogen) atoms. The van der Waals surface area contributed by atoms with Crippen LogP contribution in [0.25, 0.3) is 0 Å². The molecule has 0 saturated heterocycles. The van der Waals surface area contributed by atoms with Crippen molar-refractivity contribution in [3.63, 3.8) is 0 Å². The van der Waals surface area contributed by atoms with Crippen molar-refractivity contribution in [2.24, 2.45) is 0 Å². The fourth-order valence-electron chi connectivity index (χ4n) is 1.60. The molecule has 1 aromatic rings. The van der Waals surface area contributed by atoms with Gasteiger partial charge in [-0.3, -0.25) is 0 Å². The summed E-state index contributed by atoms with van der Waals surface area (Å²) >= 11 is 2.57. The van der Waals surface area contributed by atoms with E-state index in [-0.39, 0.29) is 7.02 Å². The van der Waals surface area contributed by atoms with Gasteiger partial charge < -0.3 is 0 Å². The van der Waals surface area contributed by atoms with Gasteiger partial charge in [0.25, 0.3) is 0 Å². The number of benzene rings is 1. The van der Waals surface area contributed by atoms with E-state index in [1.54, 1.807) is 16.3 Å². The molecule has 0 aliphatic carbocycles. The van der Waals surface area contributed by atoms with Crippen molar-refractivity contribution in [3.8, 4) is 0 Å². The van der Waals surface area contributed by atoms with Crippen LogP contribution in [0.2, 0.25) is 0 Å². The number of aryl methyl sites for hydroxylation is 1. The average molecular weight is 290 g/mol. The second-order valence-corrected chi connectivity index (χ2v) is 6.21. The van der Waals surface area contributed by atoms with Gasteiger partial charge in [0.05, 0.1) is 0 Å². The Morgan fingerprint density at radius 2 is 2.00 bits per heavy atom. The molecule has 0 nitrogen and oxygen atoms in total. The van der Waals surface area contributed by atoms with E-state index >= 15 is 0 Å². The first-order valence-corrected chi connectivity index (χ1v) is 10.3. The van der Waals surface area contributed by atoms with Crippen LogP contribution in [-0.4, -0.2) is 7.02 Å². The number of halogens is 1. The summed E-state index contributed by atoms with van der Waals surface area (Å²) in [5.74, 6) is 0. The average Bonchev–Trinajstić information content (AvgIpc) is 2.16. The van der Waals surface area contributed by atoms with Gasteiger partial charge in [-0.25, -0.2) is 0 Å². The Labute approximate surface area is 89.8 Å². The number of rotatable bonds is 3. The lowest BCUT2D eigenvalue weighted by Crippen LogP contribution is -2.16. The van der Waals surface area contributed by atoms with Crippen LogP contribution in [0.4, 0.5) is 0 Å². The zero-order valence-electron chi connectivity index (χ0n) is 7.73. The highest BCUT2D eigenvalue weighted by atomic mass is 127. The van der Waals surface area contributed by atoms with Crippen LogP contribution in [0.3, 0.4) is 0 Å². The Kier molecular flexibility index (Phi) is 4.29. The van der Waals surface area contributed by atoms with Crippen molar-refractivity contribution in [2.45, 2.75) is 26.7 Å². The minimum atomic E-state index is -0.00935. The first-order valence-electron chi connectivity index (χ1n) is 4.49. The van der Waals surface area contributed by atoms with E-state index in [0.29, 0.717) is 0 Å². The molecule has 0 amide bonds. The van der Waals surface area contributed by atoms with Crippen LogP contribution in [0.15, 0.2) is 18.2 Å². The van der Waals surface area contributed by atoms with Crippen LogP contribution >= 0.6 is 21.8 Å². The van der Waals surface area contributed by atoms with Crippen molar-refractivity contribution < 1.29 is 0 Å². The molecule has 0 radical (unpaired) electrons. The van der Waals surface area contributed by atoms with Crippen molar-refractivity contribution in [2.75, 3.05) is 0 Å². The second kappa shape index (κ2) is 5.02. The largest absolute Gasteiger partial charge is 0.125 e. The first-order chi connectivity index (χ1) is 5.83. The molecule has 0 aliphatic rings. The molecule has 0 unspecified atom stereocenters. The van der Waals surface area contributed by atoms with E-state index in [0.717, 1.165) is 0 Å². The summed E-state index contributed by atoms with van der Waals surface area (Å²) in [4.78, 5) is 0. The molecule has 1 aromatic carbocycles. The highest BCUT2D eigenvalue weighted by Crippen LogP contribution is 2.08. The molecule has 0 aliphatic heterocycles. The van der Waals surface area contributed by atoms with Gasteiger partial charge in [-0.15, -0.1) is 21.8 Å². The summed E-state index contributed by atoms with van der Waals surface area (Å²) in [5.41, 5.74) is 3.18. The lowest BCUT2D eigenvalue weighted by atomic mass is 10.0. The van der Waals surface area contributed by atoms with Crippen LogP contribution in [0.5, 0.6) is 0 Å². The lowest BCUT2D eigenvalue weighted by Gasteiger charge is -2.09. The van der Waals surface area contributed by atoms with Gasteiger partial charge in [0.15, 0.2) is 0 Å². The van der Waals surface area contributed by atoms with Crippen LogP contribution in [0.1, 0.15) is 25.0 Å². The predicted molar refractivity (Wildman–Crippen MR) is 67.4 cm³/mol.